The van der Waals surface area contributed by atoms with E-state index in [1.54, 1.807) is 12.3 Å². The van der Waals surface area contributed by atoms with Gasteiger partial charge in [-0.1, -0.05) is 63.0 Å². The molecule has 0 aliphatic rings. The second kappa shape index (κ2) is 9.09. The van der Waals surface area contributed by atoms with Gasteiger partial charge >= 0.3 is 0 Å². The molecule has 4 aromatic rings. The smallest absolute Gasteiger partial charge is 0.259 e. The van der Waals surface area contributed by atoms with E-state index in [1.165, 1.54) is 10.6 Å². The van der Waals surface area contributed by atoms with Crippen molar-refractivity contribution < 1.29 is 9.32 Å². The molecule has 1 amide bonds. The van der Waals surface area contributed by atoms with Crippen molar-refractivity contribution in [3.63, 3.8) is 0 Å². The fraction of sp³-hybridized carbons (Fsp3) is 0.130. The maximum atomic E-state index is 12.3. The van der Waals surface area contributed by atoms with E-state index in [1.807, 2.05) is 55.5 Å². The molecule has 0 aliphatic heterocycles. The normalized spacial score (nSPS) is 10.8. The van der Waals surface area contributed by atoms with Crippen LogP contribution in [-0.2, 0) is 17.9 Å². The molecule has 0 saturated heterocycles. The summed E-state index contributed by atoms with van der Waals surface area (Å²) in [5.74, 6) is 0.439. The van der Waals surface area contributed by atoms with Gasteiger partial charge in [-0.2, -0.15) is 4.98 Å². The first-order valence-corrected chi connectivity index (χ1v) is 10.4. The first-order valence-electron chi connectivity index (χ1n) is 9.61. The lowest BCUT2D eigenvalue weighted by Crippen LogP contribution is -2.31. The van der Waals surface area contributed by atoms with Crippen molar-refractivity contribution in [2.45, 2.75) is 20.0 Å². The molecule has 7 nitrogen and oxygen atoms in total. The number of pyridine rings is 1. The van der Waals surface area contributed by atoms with Crippen molar-refractivity contribution in [3.05, 3.63) is 92.8 Å². The largest absolute Gasteiger partial charge is 0.350 e. The molecule has 2 aromatic carbocycles. The van der Waals surface area contributed by atoms with Crippen LogP contribution in [0.2, 0.25) is 0 Å². The summed E-state index contributed by atoms with van der Waals surface area (Å²) >= 11 is 3.42. The molecule has 0 aliphatic carbocycles. The van der Waals surface area contributed by atoms with E-state index in [2.05, 4.69) is 31.4 Å². The van der Waals surface area contributed by atoms with E-state index in [0.29, 0.717) is 17.9 Å². The fourth-order valence-electron chi connectivity index (χ4n) is 2.98. The Bertz CT molecular complexity index is 1280. The van der Waals surface area contributed by atoms with Gasteiger partial charge in [-0.15, -0.1) is 0 Å². The fourth-order valence-corrected chi connectivity index (χ4v) is 3.38. The first-order chi connectivity index (χ1) is 15.0. The molecule has 8 heteroatoms. The van der Waals surface area contributed by atoms with E-state index < -0.39 is 0 Å². The van der Waals surface area contributed by atoms with Crippen molar-refractivity contribution in [2.75, 3.05) is 0 Å². The number of aromatic nitrogens is 3. The molecule has 1 N–H and O–H groups in total. The number of nitrogens with one attached hydrogen (secondary N) is 1. The van der Waals surface area contributed by atoms with Gasteiger partial charge < -0.3 is 14.4 Å². The molecular weight excluding hydrogens is 460 g/mol. The molecule has 156 valence electrons. The highest BCUT2D eigenvalue weighted by Gasteiger charge is 2.13. The van der Waals surface area contributed by atoms with Crippen LogP contribution in [0.5, 0.6) is 0 Å². The second-order valence-corrected chi connectivity index (χ2v) is 8.00. The molecule has 2 aromatic heterocycles. The van der Waals surface area contributed by atoms with Crippen LogP contribution in [0.1, 0.15) is 11.1 Å². The molecule has 4 rings (SSSR count). The van der Waals surface area contributed by atoms with Gasteiger partial charge in [0.15, 0.2) is 0 Å². The minimum absolute atomic E-state index is 0.106. The van der Waals surface area contributed by atoms with Gasteiger partial charge in [0.25, 0.3) is 11.4 Å². The summed E-state index contributed by atoms with van der Waals surface area (Å²) in [6.07, 6.45) is 1.55. The van der Waals surface area contributed by atoms with Crippen molar-refractivity contribution in [2.24, 2.45) is 0 Å². The Hall–Kier alpha value is -3.52. The van der Waals surface area contributed by atoms with Crippen LogP contribution < -0.4 is 10.9 Å². The predicted octanol–water partition coefficient (Wildman–Crippen LogP) is 3.95. The van der Waals surface area contributed by atoms with E-state index >= 15 is 0 Å². The van der Waals surface area contributed by atoms with Crippen molar-refractivity contribution in [3.8, 4) is 22.8 Å². The highest BCUT2D eigenvalue weighted by molar-refractivity contribution is 9.10. The van der Waals surface area contributed by atoms with Gasteiger partial charge in [-0.05, 0) is 30.7 Å². The third-order valence-corrected chi connectivity index (χ3v) is 5.16. The minimum atomic E-state index is -0.291. The van der Waals surface area contributed by atoms with E-state index in [-0.39, 0.29) is 23.9 Å². The number of rotatable bonds is 6. The zero-order valence-corrected chi connectivity index (χ0v) is 18.3. The van der Waals surface area contributed by atoms with Crippen LogP contribution in [0.3, 0.4) is 0 Å². The van der Waals surface area contributed by atoms with Gasteiger partial charge in [0.05, 0.1) is 5.56 Å². The molecule has 2 heterocycles. The Morgan fingerprint density at radius 1 is 1.10 bits per heavy atom. The number of carbonyl (C=O) groups is 1. The molecule has 0 atom stereocenters. The van der Waals surface area contributed by atoms with Gasteiger partial charge in [-0.3, -0.25) is 9.59 Å². The third-order valence-electron chi connectivity index (χ3n) is 4.66. The molecule has 31 heavy (non-hydrogen) atoms. The molecule has 0 spiro atoms. The topological polar surface area (TPSA) is 90.0 Å². The Labute approximate surface area is 186 Å². The Balaban J connectivity index is 1.48. The molecule has 0 saturated carbocycles. The van der Waals surface area contributed by atoms with Crippen molar-refractivity contribution >= 4 is 21.8 Å². The zero-order valence-electron chi connectivity index (χ0n) is 16.7. The SMILES string of the molecule is Cc1ccc(CNC(=O)Cn2cc(-c3nc(-c4cccc(Br)c4)no3)ccc2=O)cc1. The van der Waals surface area contributed by atoms with Gasteiger partial charge in [0.2, 0.25) is 11.7 Å². The standard InChI is InChI=1S/C23H19BrN4O3/c1-15-5-7-16(8-6-15)12-25-20(29)14-28-13-18(9-10-21(28)30)23-26-22(27-31-23)17-3-2-4-19(24)11-17/h2-11,13H,12,14H2,1H3,(H,25,29). The van der Waals surface area contributed by atoms with Crippen LogP contribution in [0.15, 0.2) is 80.7 Å². The van der Waals surface area contributed by atoms with Crippen molar-refractivity contribution in [1.29, 1.82) is 0 Å². The summed E-state index contributed by atoms with van der Waals surface area (Å²) in [7, 11) is 0. The molecule has 0 radical (unpaired) electrons. The zero-order chi connectivity index (χ0) is 21.8. The summed E-state index contributed by atoms with van der Waals surface area (Å²) in [4.78, 5) is 29.0. The number of aryl methyl sites for hydroxylation is 1. The maximum Gasteiger partial charge on any atom is 0.259 e. The second-order valence-electron chi connectivity index (χ2n) is 7.08. The van der Waals surface area contributed by atoms with E-state index in [4.69, 9.17) is 4.52 Å². The molecule has 0 unspecified atom stereocenters. The Kier molecular flexibility index (Phi) is 6.08. The van der Waals surface area contributed by atoms with Crippen LogP contribution in [0.25, 0.3) is 22.8 Å². The average Bonchev–Trinajstić information content (AvgIpc) is 3.25. The summed E-state index contributed by atoms with van der Waals surface area (Å²) < 4.78 is 7.59. The molecule has 0 fully saturated rings. The van der Waals surface area contributed by atoms with E-state index in [9.17, 15) is 9.59 Å². The third kappa shape index (κ3) is 5.16. The van der Waals surface area contributed by atoms with Crippen LogP contribution in [0.4, 0.5) is 0 Å². The number of carbonyl (C=O) groups excluding carboxylic acids is 1. The Morgan fingerprint density at radius 3 is 2.68 bits per heavy atom. The van der Waals surface area contributed by atoms with Gasteiger partial charge in [0, 0.05) is 28.8 Å². The molecule has 0 bridgehead atoms. The number of halogens is 1. The number of benzene rings is 2. The first kappa shape index (κ1) is 20.7. The minimum Gasteiger partial charge on any atom is -0.350 e. The lowest BCUT2D eigenvalue weighted by atomic mass is 10.1. The number of hydrogen-bond acceptors (Lipinski definition) is 5. The highest BCUT2D eigenvalue weighted by atomic mass is 79.9. The predicted molar refractivity (Wildman–Crippen MR) is 120 cm³/mol. The quantitative estimate of drug-likeness (QED) is 0.453. The highest BCUT2D eigenvalue weighted by Crippen LogP contribution is 2.23. The number of amides is 1. The van der Waals surface area contributed by atoms with Crippen LogP contribution in [0, 0.1) is 6.92 Å². The Morgan fingerprint density at radius 2 is 1.90 bits per heavy atom. The molecular formula is C23H19BrN4O3. The maximum absolute atomic E-state index is 12.3. The lowest BCUT2D eigenvalue weighted by molar-refractivity contribution is -0.121. The summed E-state index contributed by atoms with van der Waals surface area (Å²) in [5.41, 5.74) is 3.21. The average molecular weight is 479 g/mol. The van der Waals surface area contributed by atoms with Gasteiger partial charge in [0.1, 0.15) is 6.54 Å². The monoisotopic (exact) mass is 478 g/mol. The summed E-state index contributed by atoms with van der Waals surface area (Å²) in [6.45, 7) is 2.30. The van der Waals surface area contributed by atoms with Crippen LogP contribution >= 0.6 is 15.9 Å². The summed E-state index contributed by atoms with van der Waals surface area (Å²) in [6, 6.07) is 18.4. The van der Waals surface area contributed by atoms with Crippen molar-refractivity contribution in [1.82, 2.24) is 20.0 Å². The van der Waals surface area contributed by atoms with Crippen LogP contribution in [-0.4, -0.2) is 20.6 Å². The van der Waals surface area contributed by atoms with E-state index in [0.717, 1.165) is 21.2 Å². The lowest BCUT2D eigenvalue weighted by Gasteiger charge is -2.08. The van der Waals surface area contributed by atoms with Gasteiger partial charge in [-0.25, -0.2) is 0 Å². The summed E-state index contributed by atoms with van der Waals surface area (Å²) in [5, 5.41) is 6.84. The number of nitrogens with zero attached hydrogens (tertiary/aromatic N) is 3. The number of hydrogen-bond donors (Lipinski definition) is 1.